The highest BCUT2D eigenvalue weighted by Gasteiger charge is 2.21. The van der Waals surface area contributed by atoms with Crippen LogP contribution in [0.15, 0.2) is 77.3 Å². The molecule has 0 aliphatic heterocycles. The molecule has 3 N–H and O–H groups in total. The molecule has 0 fully saturated rings. The van der Waals surface area contributed by atoms with Gasteiger partial charge >= 0.3 is 11.8 Å². The summed E-state index contributed by atoms with van der Waals surface area (Å²) in [6.07, 6.45) is 0. The number of amides is 3. The van der Waals surface area contributed by atoms with Gasteiger partial charge in [-0.2, -0.15) is 0 Å². The molecular formula is C24H17BrCl2N4O3. The summed E-state index contributed by atoms with van der Waals surface area (Å²) in [4.78, 5) is 38.1. The summed E-state index contributed by atoms with van der Waals surface area (Å²) in [7, 11) is 0. The normalized spacial score (nSPS) is 10.7. The Kier molecular flexibility index (Phi) is 7.21. The Balaban J connectivity index is 1.59. The fourth-order valence-corrected chi connectivity index (χ4v) is 4.21. The maximum absolute atomic E-state index is 13.1. The molecule has 172 valence electrons. The maximum Gasteiger partial charge on any atom is 0.328 e. The lowest BCUT2D eigenvalue weighted by Crippen LogP contribution is -2.39. The molecule has 0 atom stereocenters. The molecule has 4 aromatic rings. The van der Waals surface area contributed by atoms with E-state index < -0.39 is 17.7 Å². The Morgan fingerprint density at radius 1 is 0.853 bits per heavy atom. The highest BCUT2D eigenvalue weighted by atomic mass is 79.9. The second-order valence-electron chi connectivity index (χ2n) is 7.29. The zero-order valence-electron chi connectivity index (χ0n) is 17.4. The number of rotatable bonds is 5. The topological polar surface area (TPSA) is 92.2 Å². The zero-order valence-corrected chi connectivity index (χ0v) is 20.5. The molecule has 7 nitrogen and oxygen atoms in total. The van der Waals surface area contributed by atoms with Crippen LogP contribution in [0.5, 0.6) is 0 Å². The average molecular weight is 560 g/mol. The molecule has 1 heterocycles. The monoisotopic (exact) mass is 558 g/mol. The predicted molar refractivity (Wildman–Crippen MR) is 137 cm³/mol. The zero-order chi connectivity index (χ0) is 24.2. The summed E-state index contributed by atoms with van der Waals surface area (Å²) in [6.45, 7) is 0.190. The molecule has 0 radical (unpaired) electrons. The van der Waals surface area contributed by atoms with Crippen molar-refractivity contribution in [1.29, 1.82) is 0 Å². The lowest BCUT2D eigenvalue weighted by molar-refractivity contribution is -0.136. The third kappa shape index (κ3) is 5.59. The Hall–Kier alpha value is -3.33. The van der Waals surface area contributed by atoms with E-state index in [1.54, 1.807) is 42.5 Å². The predicted octanol–water partition coefficient (Wildman–Crippen LogP) is 5.35. The lowest BCUT2D eigenvalue weighted by atomic mass is 10.2. The lowest BCUT2D eigenvalue weighted by Gasteiger charge is -2.13. The Labute approximate surface area is 213 Å². The first-order valence-electron chi connectivity index (χ1n) is 10.0. The van der Waals surface area contributed by atoms with Gasteiger partial charge in [0.25, 0.3) is 5.91 Å². The molecule has 1 aromatic heterocycles. The van der Waals surface area contributed by atoms with Crippen molar-refractivity contribution in [2.45, 2.75) is 6.54 Å². The number of carbonyl (C=O) groups excluding carboxylic acids is 3. The summed E-state index contributed by atoms with van der Waals surface area (Å²) in [5.74, 6) is -2.29. The van der Waals surface area contributed by atoms with Crippen molar-refractivity contribution in [2.24, 2.45) is 0 Å². The minimum absolute atomic E-state index is 0.105. The molecule has 3 amide bonds. The van der Waals surface area contributed by atoms with E-state index in [1.807, 2.05) is 30.3 Å². The van der Waals surface area contributed by atoms with Crippen LogP contribution >= 0.6 is 39.1 Å². The van der Waals surface area contributed by atoms with Crippen LogP contribution in [0.2, 0.25) is 10.0 Å². The molecular weight excluding hydrogens is 543 g/mol. The third-order valence-corrected chi connectivity index (χ3v) is 5.76. The van der Waals surface area contributed by atoms with Gasteiger partial charge in [-0.15, -0.1) is 0 Å². The maximum atomic E-state index is 13.1. The van der Waals surface area contributed by atoms with E-state index in [-0.39, 0.29) is 12.2 Å². The number of hydrogen-bond donors (Lipinski definition) is 3. The first-order valence-corrected chi connectivity index (χ1v) is 11.6. The molecule has 0 aliphatic carbocycles. The van der Waals surface area contributed by atoms with E-state index >= 15 is 0 Å². The summed E-state index contributed by atoms with van der Waals surface area (Å²) >= 11 is 15.4. The minimum Gasteiger partial charge on any atom is -0.344 e. The first kappa shape index (κ1) is 23.8. The molecule has 10 heteroatoms. The summed E-state index contributed by atoms with van der Waals surface area (Å²) < 4.78 is 2.06. The number of nitrogens with one attached hydrogen (secondary N) is 3. The van der Waals surface area contributed by atoms with Crippen molar-refractivity contribution < 1.29 is 14.4 Å². The van der Waals surface area contributed by atoms with Crippen LogP contribution in [0.25, 0.3) is 10.9 Å². The van der Waals surface area contributed by atoms with E-state index in [1.165, 1.54) is 4.68 Å². The molecule has 0 spiro atoms. The number of aromatic nitrogens is 1. The molecule has 3 aromatic carbocycles. The van der Waals surface area contributed by atoms with E-state index in [0.717, 1.165) is 10.0 Å². The largest absolute Gasteiger partial charge is 0.344 e. The number of hydrogen-bond acceptors (Lipinski definition) is 3. The number of carbonyl (C=O) groups is 3. The van der Waals surface area contributed by atoms with Gasteiger partial charge in [0.15, 0.2) is 0 Å². The van der Waals surface area contributed by atoms with Crippen LogP contribution in [-0.4, -0.2) is 22.4 Å². The van der Waals surface area contributed by atoms with E-state index in [2.05, 4.69) is 32.0 Å². The number of halogens is 3. The van der Waals surface area contributed by atoms with Gasteiger partial charge in [0, 0.05) is 32.1 Å². The van der Waals surface area contributed by atoms with Gasteiger partial charge in [-0.25, -0.2) is 4.68 Å². The molecule has 0 saturated heterocycles. The van der Waals surface area contributed by atoms with Gasteiger partial charge in [-0.3, -0.25) is 19.8 Å². The molecule has 0 bridgehead atoms. The average Bonchev–Trinajstić information content (AvgIpc) is 3.14. The second-order valence-corrected chi connectivity index (χ2v) is 9.08. The standard InChI is InChI=1S/C24H17BrCl2N4O3/c25-16-6-7-20-15(8-16)9-21(22(32)29-19-11-17(26)10-18(27)12-19)31(20)30-24(34)23(33)28-13-14-4-2-1-3-5-14/h1-12H,13H2,(H,28,33)(H,29,32)(H,30,34). The Morgan fingerprint density at radius 2 is 1.56 bits per heavy atom. The van der Waals surface area contributed by atoms with Crippen molar-refractivity contribution in [3.63, 3.8) is 0 Å². The Morgan fingerprint density at radius 3 is 2.26 bits per heavy atom. The second kappa shape index (κ2) is 10.3. The molecule has 34 heavy (non-hydrogen) atoms. The van der Waals surface area contributed by atoms with Gasteiger partial charge in [0.1, 0.15) is 5.69 Å². The van der Waals surface area contributed by atoms with Gasteiger partial charge in [0.2, 0.25) is 0 Å². The Bertz CT molecular complexity index is 1390. The van der Waals surface area contributed by atoms with Crippen LogP contribution in [-0.2, 0) is 16.1 Å². The quantitative estimate of drug-likeness (QED) is 0.288. The van der Waals surface area contributed by atoms with Gasteiger partial charge in [-0.05, 0) is 48.0 Å². The highest BCUT2D eigenvalue weighted by Crippen LogP contribution is 2.26. The van der Waals surface area contributed by atoms with Gasteiger partial charge in [-0.1, -0.05) is 69.5 Å². The van der Waals surface area contributed by atoms with Crippen LogP contribution in [0.4, 0.5) is 5.69 Å². The van der Waals surface area contributed by atoms with Crippen molar-refractivity contribution in [1.82, 2.24) is 9.99 Å². The first-order chi connectivity index (χ1) is 16.3. The van der Waals surface area contributed by atoms with Crippen molar-refractivity contribution in [3.05, 3.63) is 98.6 Å². The fraction of sp³-hybridized carbons (Fsp3) is 0.0417. The van der Waals surface area contributed by atoms with Crippen molar-refractivity contribution in [2.75, 3.05) is 10.7 Å². The van der Waals surface area contributed by atoms with E-state index in [9.17, 15) is 14.4 Å². The number of anilines is 1. The number of nitrogens with zero attached hydrogens (tertiary/aromatic N) is 1. The smallest absolute Gasteiger partial charge is 0.328 e. The van der Waals surface area contributed by atoms with E-state index in [0.29, 0.717) is 26.6 Å². The van der Waals surface area contributed by atoms with Crippen LogP contribution in [0.3, 0.4) is 0 Å². The number of benzene rings is 3. The van der Waals surface area contributed by atoms with Gasteiger partial charge < -0.3 is 10.6 Å². The van der Waals surface area contributed by atoms with Crippen LogP contribution < -0.4 is 16.1 Å². The fourth-order valence-electron chi connectivity index (χ4n) is 3.31. The SMILES string of the molecule is O=C(NCc1ccccc1)C(=O)Nn1c(C(=O)Nc2cc(Cl)cc(Cl)c2)cc2cc(Br)ccc21. The summed E-state index contributed by atoms with van der Waals surface area (Å²) in [5, 5.41) is 6.67. The van der Waals surface area contributed by atoms with Crippen molar-refractivity contribution in [3.8, 4) is 0 Å². The highest BCUT2D eigenvalue weighted by molar-refractivity contribution is 9.10. The van der Waals surface area contributed by atoms with Gasteiger partial charge in [0.05, 0.1) is 5.52 Å². The van der Waals surface area contributed by atoms with Crippen LogP contribution in [0, 0.1) is 0 Å². The third-order valence-electron chi connectivity index (χ3n) is 4.83. The molecule has 0 unspecified atom stereocenters. The summed E-state index contributed by atoms with van der Waals surface area (Å²) in [5.41, 5.74) is 4.38. The molecule has 0 aliphatic rings. The molecule has 0 saturated carbocycles. The molecule has 4 rings (SSSR count). The van der Waals surface area contributed by atoms with Crippen molar-refractivity contribution >= 4 is 73.4 Å². The summed E-state index contributed by atoms with van der Waals surface area (Å²) in [6, 6.07) is 20.7. The minimum atomic E-state index is -0.920. The number of fused-ring (bicyclic) bond motifs is 1. The van der Waals surface area contributed by atoms with E-state index in [4.69, 9.17) is 23.2 Å². The van der Waals surface area contributed by atoms with Crippen LogP contribution in [0.1, 0.15) is 16.1 Å².